The number of likely N-dealkylation sites (N-methyl/N-ethyl adjacent to an activating group) is 1. The number of thioether (sulfide) groups is 1. The molecule has 0 fully saturated rings. The maximum absolute atomic E-state index is 11.8. The van der Waals surface area contributed by atoms with E-state index in [1.165, 1.54) is 4.90 Å². The Hall–Kier alpha value is -2.12. The van der Waals surface area contributed by atoms with Crippen molar-refractivity contribution in [3.8, 4) is 0 Å². The molecule has 27 heavy (non-hydrogen) atoms. The highest BCUT2D eigenvalue weighted by Gasteiger charge is 2.05. The molecule has 1 amide bonds. The van der Waals surface area contributed by atoms with Crippen LogP contribution in [-0.2, 0) is 11.2 Å². The van der Waals surface area contributed by atoms with Crippen molar-refractivity contribution in [3.05, 3.63) is 53.4 Å². The molecule has 0 aliphatic carbocycles. The van der Waals surface area contributed by atoms with E-state index in [9.17, 15) is 4.79 Å². The van der Waals surface area contributed by atoms with E-state index in [0.717, 1.165) is 34.4 Å². The van der Waals surface area contributed by atoms with E-state index in [1.54, 1.807) is 32.1 Å². The number of amides is 1. The molecule has 2 aromatic rings. The number of furan rings is 1. The lowest BCUT2D eigenvalue weighted by Crippen LogP contribution is -2.40. The van der Waals surface area contributed by atoms with Gasteiger partial charge in [0.05, 0.1) is 6.26 Å². The summed E-state index contributed by atoms with van der Waals surface area (Å²) in [6.07, 6.45) is 2.40. The predicted octanol–water partition coefficient (Wildman–Crippen LogP) is 2.89. The predicted molar refractivity (Wildman–Crippen MR) is 112 cm³/mol. The molecule has 0 unspecified atom stereocenters. The molecular formula is C19H25ClN4O2S. The molecule has 0 atom stereocenters. The second-order valence-electron chi connectivity index (χ2n) is 5.94. The number of guanidine groups is 1. The zero-order valence-corrected chi connectivity index (χ0v) is 17.1. The molecule has 0 saturated carbocycles. The minimum Gasteiger partial charge on any atom is -0.469 e. The molecule has 2 N–H and O–H groups in total. The summed E-state index contributed by atoms with van der Waals surface area (Å²) in [7, 11) is 3.44. The van der Waals surface area contributed by atoms with Crippen LogP contribution in [0.4, 0.5) is 0 Å². The number of benzene rings is 1. The molecule has 1 aromatic heterocycles. The van der Waals surface area contributed by atoms with Crippen LogP contribution in [0.1, 0.15) is 5.76 Å². The normalized spacial score (nSPS) is 11.3. The van der Waals surface area contributed by atoms with E-state index in [0.29, 0.717) is 12.5 Å². The lowest BCUT2D eigenvalue weighted by Gasteiger charge is -2.13. The standard InChI is InChI=1S/C19H25ClN4O2S/c1-24(2)18(25)14-23-19(21-10-9-16-4-3-12-26-16)22-11-13-27-17-7-5-15(20)6-8-17/h3-8,12H,9-11,13-14H2,1-2H3,(H2,21,22,23). The van der Waals surface area contributed by atoms with Gasteiger partial charge in [-0.05, 0) is 36.4 Å². The van der Waals surface area contributed by atoms with Gasteiger partial charge in [-0.1, -0.05) is 11.6 Å². The van der Waals surface area contributed by atoms with Gasteiger partial charge >= 0.3 is 0 Å². The average Bonchev–Trinajstić information content (AvgIpc) is 3.17. The van der Waals surface area contributed by atoms with Crippen molar-refractivity contribution in [1.29, 1.82) is 0 Å². The maximum Gasteiger partial charge on any atom is 0.243 e. The second-order valence-corrected chi connectivity index (χ2v) is 7.54. The first-order valence-electron chi connectivity index (χ1n) is 8.67. The molecule has 0 spiro atoms. The summed E-state index contributed by atoms with van der Waals surface area (Å²) in [6, 6.07) is 11.6. The van der Waals surface area contributed by atoms with Gasteiger partial charge in [-0.25, -0.2) is 4.99 Å². The van der Waals surface area contributed by atoms with Crippen molar-refractivity contribution in [3.63, 3.8) is 0 Å². The molecular weight excluding hydrogens is 384 g/mol. The smallest absolute Gasteiger partial charge is 0.243 e. The summed E-state index contributed by atoms with van der Waals surface area (Å²) < 4.78 is 5.33. The highest BCUT2D eigenvalue weighted by Crippen LogP contribution is 2.19. The highest BCUT2D eigenvalue weighted by molar-refractivity contribution is 7.99. The molecule has 0 radical (unpaired) electrons. The highest BCUT2D eigenvalue weighted by atomic mass is 35.5. The first-order valence-corrected chi connectivity index (χ1v) is 10.0. The van der Waals surface area contributed by atoms with Crippen LogP contribution < -0.4 is 10.6 Å². The van der Waals surface area contributed by atoms with E-state index in [4.69, 9.17) is 16.0 Å². The van der Waals surface area contributed by atoms with Gasteiger partial charge in [0.2, 0.25) is 5.91 Å². The van der Waals surface area contributed by atoms with Gasteiger partial charge in [0.25, 0.3) is 0 Å². The summed E-state index contributed by atoms with van der Waals surface area (Å²) >= 11 is 7.63. The average molecular weight is 409 g/mol. The molecule has 0 bridgehead atoms. The van der Waals surface area contributed by atoms with Crippen molar-refractivity contribution < 1.29 is 9.21 Å². The summed E-state index contributed by atoms with van der Waals surface area (Å²) in [6.45, 7) is 1.49. The number of halogens is 1. The van der Waals surface area contributed by atoms with Crippen LogP contribution in [0.15, 0.2) is 57.0 Å². The van der Waals surface area contributed by atoms with Gasteiger partial charge in [-0.2, -0.15) is 0 Å². The summed E-state index contributed by atoms with van der Waals surface area (Å²) in [5, 5.41) is 7.24. The van der Waals surface area contributed by atoms with Crippen LogP contribution in [0, 0.1) is 0 Å². The Morgan fingerprint density at radius 3 is 2.59 bits per heavy atom. The fraction of sp³-hybridized carbons (Fsp3) is 0.368. The van der Waals surface area contributed by atoms with Crippen molar-refractivity contribution in [2.45, 2.75) is 11.3 Å². The lowest BCUT2D eigenvalue weighted by atomic mass is 10.3. The minimum absolute atomic E-state index is 0.0438. The van der Waals surface area contributed by atoms with Crippen LogP contribution in [0.5, 0.6) is 0 Å². The summed E-state index contributed by atoms with van der Waals surface area (Å²) in [5.41, 5.74) is 0. The third-order valence-corrected chi connectivity index (χ3v) is 4.86. The van der Waals surface area contributed by atoms with E-state index >= 15 is 0 Å². The fourth-order valence-corrected chi connectivity index (χ4v) is 2.98. The molecule has 1 heterocycles. The van der Waals surface area contributed by atoms with E-state index in [2.05, 4.69) is 15.6 Å². The zero-order chi connectivity index (χ0) is 19.5. The number of rotatable bonds is 9. The van der Waals surface area contributed by atoms with Gasteiger partial charge in [-0.3, -0.25) is 4.79 Å². The summed E-state index contributed by atoms with van der Waals surface area (Å²) in [5.74, 6) is 2.35. The molecule has 0 saturated heterocycles. The minimum atomic E-state index is -0.0438. The number of carbonyl (C=O) groups excluding carboxylic acids is 1. The second kappa shape index (κ2) is 11.6. The van der Waals surface area contributed by atoms with Gasteiger partial charge in [0, 0.05) is 49.3 Å². The molecule has 2 rings (SSSR count). The first-order chi connectivity index (χ1) is 13.0. The number of carbonyl (C=O) groups is 1. The monoisotopic (exact) mass is 408 g/mol. The van der Waals surface area contributed by atoms with Crippen molar-refractivity contribution in [2.75, 3.05) is 39.5 Å². The number of nitrogens with one attached hydrogen (secondary N) is 2. The Balaban J connectivity index is 1.79. The maximum atomic E-state index is 11.8. The Kier molecular flexibility index (Phi) is 9.07. The van der Waals surface area contributed by atoms with Gasteiger partial charge < -0.3 is 20.0 Å². The van der Waals surface area contributed by atoms with E-state index in [1.807, 2.05) is 36.4 Å². The van der Waals surface area contributed by atoms with Gasteiger partial charge in [-0.15, -0.1) is 11.8 Å². The van der Waals surface area contributed by atoms with Crippen molar-refractivity contribution in [1.82, 2.24) is 15.5 Å². The van der Waals surface area contributed by atoms with Gasteiger partial charge in [0.1, 0.15) is 12.3 Å². The zero-order valence-electron chi connectivity index (χ0n) is 15.6. The third kappa shape index (κ3) is 8.41. The molecule has 8 heteroatoms. The molecule has 6 nitrogen and oxygen atoms in total. The van der Waals surface area contributed by atoms with Crippen LogP contribution in [0.25, 0.3) is 0 Å². The molecule has 146 valence electrons. The SMILES string of the molecule is CN(C)C(=O)CN=C(NCCSc1ccc(Cl)cc1)NCCc1ccco1. The van der Waals surface area contributed by atoms with Crippen LogP contribution in [0.2, 0.25) is 5.02 Å². The Bertz CT molecular complexity index is 718. The topological polar surface area (TPSA) is 69.9 Å². The number of aliphatic imine (C=N–C) groups is 1. The molecule has 0 aliphatic rings. The van der Waals surface area contributed by atoms with Crippen molar-refractivity contribution >= 4 is 35.2 Å². The third-order valence-electron chi connectivity index (χ3n) is 3.59. The van der Waals surface area contributed by atoms with Gasteiger partial charge in [0.15, 0.2) is 5.96 Å². The van der Waals surface area contributed by atoms with Crippen LogP contribution in [0.3, 0.4) is 0 Å². The van der Waals surface area contributed by atoms with Crippen LogP contribution in [-0.4, -0.2) is 56.2 Å². The first kappa shape index (κ1) is 21.2. The van der Waals surface area contributed by atoms with E-state index < -0.39 is 0 Å². The van der Waals surface area contributed by atoms with E-state index in [-0.39, 0.29) is 12.5 Å². The quantitative estimate of drug-likeness (QED) is 0.289. The number of hydrogen-bond donors (Lipinski definition) is 2. The Morgan fingerprint density at radius 1 is 1.19 bits per heavy atom. The van der Waals surface area contributed by atoms with Crippen LogP contribution >= 0.6 is 23.4 Å². The largest absolute Gasteiger partial charge is 0.469 e. The van der Waals surface area contributed by atoms with Crippen molar-refractivity contribution in [2.24, 2.45) is 4.99 Å². The summed E-state index contributed by atoms with van der Waals surface area (Å²) in [4.78, 5) is 18.8. The fourth-order valence-electron chi connectivity index (χ4n) is 2.09. The number of hydrogen-bond acceptors (Lipinski definition) is 4. The molecule has 0 aliphatic heterocycles. The molecule has 1 aromatic carbocycles. The number of nitrogens with zero attached hydrogens (tertiary/aromatic N) is 2. The Morgan fingerprint density at radius 2 is 1.93 bits per heavy atom. The Labute approximate surface area is 169 Å². The lowest BCUT2D eigenvalue weighted by molar-refractivity contribution is -0.127.